The Labute approximate surface area is 221 Å². The maximum absolute atomic E-state index is 12.4. The van der Waals surface area contributed by atoms with Crippen molar-refractivity contribution in [2.45, 2.75) is 90.6 Å². The van der Waals surface area contributed by atoms with Gasteiger partial charge in [0, 0.05) is 30.6 Å². The third-order valence-electron chi connectivity index (χ3n) is 10.2. The number of ether oxygens (including phenoxy) is 4. The van der Waals surface area contributed by atoms with Crippen LogP contribution in [0.1, 0.15) is 78.2 Å². The summed E-state index contributed by atoms with van der Waals surface area (Å²) in [4.78, 5) is 12.4. The minimum atomic E-state index is -0.544. The number of carbonyl (C=O) groups is 1. The van der Waals surface area contributed by atoms with Crippen molar-refractivity contribution in [3.8, 4) is 5.75 Å². The number of fused-ring (bicyclic) bond motifs is 2. The van der Waals surface area contributed by atoms with E-state index in [1.807, 2.05) is 19.1 Å². The van der Waals surface area contributed by atoms with Crippen LogP contribution in [0.25, 0.3) is 6.08 Å². The summed E-state index contributed by atoms with van der Waals surface area (Å²) in [5.74, 6) is 0.717. The summed E-state index contributed by atoms with van der Waals surface area (Å²) >= 11 is 0. The van der Waals surface area contributed by atoms with Crippen molar-refractivity contribution in [1.82, 2.24) is 0 Å². The second-order valence-electron chi connectivity index (χ2n) is 12.1. The van der Waals surface area contributed by atoms with Crippen LogP contribution in [0.5, 0.6) is 5.75 Å². The first-order valence-corrected chi connectivity index (χ1v) is 14.2. The van der Waals surface area contributed by atoms with Crippen molar-refractivity contribution in [3.05, 3.63) is 35.9 Å². The van der Waals surface area contributed by atoms with Gasteiger partial charge in [-0.25, -0.2) is 0 Å². The largest absolute Gasteiger partial charge is 0.494 e. The Morgan fingerprint density at radius 3 is 2.43 bits per heavy atom. The molecule has 1 saturated heterocycles. The Bertz CT molecular complexity index is 982. The van der Waals surface area contributed by atoms with Crippen molar-refractivity contribution in [2.24, 2.45) is 28.6 Å². The zero-order valence-corrected chi connectivity index (χ0v) is 22.9. The van der Waals surface area contributed by atoms with E-state index in [0.717, 1.165) is 56.3 Å². The van der Waals surface area contributed by atoms with Gasteiger partial charge in [0.25, 0.3) is 0 Å². The van der Waals surface area contributed by atoms with E-state index in [1.165, 1.54) is 6.92 Å². The van der Waals surface area contributed by atoms with Gasteiger partial charge in [-0.15, -0.1) is 0 Å². The number of hydrogen-bond donors (Lipinski definition) is 1. The maximum Gasteiger partial charge on any atom is 0.302 e. The molecule has 1 aliphatic heterocycles. The molecule has 204 valence electrons. The van der Waals surface area contributed by atoms with Crippen molar-refractivity contribution in [2.75, 3.05) is 19.8 Å². The Kier molecular flexibility index (Phi) is 7.47. The van der Waals surface area contributed by atoms with Gasteiger partial charge in [-0.3, -0.25) is 4.79 Å². The highest BCUT2D eigenvalue weighted by molar-refractivity contribution is 5.66. The molecule has 37 heavy (non-hydrogen) atoms. The molecule has 1 N–H and O–H groups in total. The molecule has 0 aromatic heterocycles. The van der Waals surface area contributed by atoms with Crippen LogP contribution >= 0.6 is 0 Å². The van der Waals surface area contributed by atoms with Crippen molar-refractivity contribution < 1.29 is 28.8 Å². The molecule has 4 fully saturated rings. The molecule has 6 heteroatoms. The number of carbonyl (C=O) groups excluding carboxylic acids is 1. The lowest BCUT2D eigenvalue weighted by Crippen LogP contribution is -2.58. The summed E-state index contributed by atoms with van der Waals surface area (Å²) in [5, 5.41) is 10.7. The van der Waals surface area contributed by atoms with Crippen LogP contribution in [-0.4, -0.2) is 48.9 Å². The fourth-order valence-corrected chi connectivity index (χ4v) is 8.20. The fraction of sp³-hybridized carbons (Fsp3) is 0.710. The van der Waals surface area contributed by atoms with Gasteiger partial charge in [0.2, 0.25) is 0 Å². The third kappa shape index (κ3) is 4.74. The third-order valence-corrected chi connectivity index (χ3v) is 10.2. The highest BCUT2D eigenvalue weighted by Crippen LogP contribution is 2.65. The van der Waals surface area contributed by atoms with Crippen LogP contribution in [0, 0.1) is 28.6 Å². The van der Waals surface area contributed by atoms with E-state index in [4.69, 9.17) is 18.9 Å². The van der Waals surface area contributed by atoms with Crippen LogP contribution in [-0.2, 0) is 19.0 Å². The topological polar surface area (TPSA) is 74.2 Å². The molecule has 3 aliphatic carbocycles. The Hall–Kier alpha value is -1.89. The van der Waals surface area contributed by atoms with E-state index < -0.39 is 5.79 Å². The summed E-state index contributed by atoms with van der Waals surface area (Å²) < 4.78 is 24.3. The molecule has 0 bridgehead atoms. The minimum Gasteiger partial charge on any atom is -0.494 e. The normalized spacial score (nSPS) is 39.1. The molecule has 1 aromatic rings. The van der Waals surface area contributed by atoms with E-state index >= 15 is 0 Å². The summed E-state index contributed by atoms with van der Waals surface area (Å²) in [5.41, 5.74) is 0.861. The van der Waals surface area contributed by atoms with E-state index in [2.05, 4.69) is 38.1 Å². The van der Waals surface area contributed by atoms with Crippen LogP contribution in [0.15, 0.2) is 30.3 Å². The zero-order valence-electron chi connectivity index (χ0n) is 22.9. The van der Waals surface area contributed by atoms with Crippen molar-refractivity contribution >= 4 is 12.0 Å². The molecule has 0 amide bonds. The summed E-state index contributed by atoms with van der Waals surface area (Å²) in [6.45, 7) is 10.1. The predicted octanol–water partition coefficient (Wildman–Crippen LogP) is 5.77. The number of rotatable bonds is 6. The number of aliphatic hydroxyl groups excluding tert-OH is 1. The number of esters is 1. The van der Waals surface area contributed by atoms with E-state index in [1.54, 1.807) is 0 Å². The lowest BCUT2D eigenvalue weighted by Gasteiger charge is -2.56. The molecular weight excluding hydrogens is 468 g/mol. The number of benzene rings is 1. The quantitative estimate of drug-likeness (QED) is 0.488. The average Bonchev–Trinajstić information content (AvgIpc) is 3.46. The predicted molar refractivity (Wildman–Crippen MR) is 142 cm³/mol. The van der Waals surface area contributed by atoms with Crippen LogP contribution in [0.3, 0.4) is 0 Å². The van der Waals surface area contributed by atoms with E-state index in [9.17, 15) is 9.90 Å². The molecule has 3 saturated carbocycles. The highest BCUT2D eigenvalue weighted by atomic mass is 16.7. The van der Waals surface area contributed by atoms with Gasteiger partial charge in [-0.1, -0.05) is 38.1 Å². The Balaban J connectivity index is 1.43. The minimum absolute atomic E-state index is 0.0877. The smallest absolute Gasteiger partial charge is 0.302 e. The zero-order chi connectivity index (χ0) is 26.3. The van der Waals surface area contributed by atoms with Gasteiger partial charge in [-0.2, -0.15) is 0 Å². The molecule has 6 nitrogen and oxygen atoms in total. The van der Waals surface area contributed by atoms with Crippen molar-refractivity contribution in [1.29, 1.82) is 0 Å². The first-order valence-electron chi connectivity index (χ1n) is 14.2. The van der Waals surface area contributed by atoms with Gasteiger partial charge in [0.05, 0.1) is 25.9 Å². The van der Waals surface area contributed by atoms with Crippen LogP contribution in [0.2, 0.25) is 0 Å². The molecule has 2 unspecified atom stereocenters. The van der Waals surface area contributed by atoms with Gasteiger partial charge < -0.3 is 24.1 Å². The lowest BCUT2D eigenvalue weighted by atomic mass is 9.51. The molecule has 5 rings (SSSR count). The standard InChI is InChI=1S/C31H44O6/c1-5-34-25-10-7-22(8-11-25)6-9-23-20-24(33)12-15-29(23,3)26-13-16-30(4)27(28(26)37-21(2)32)14-17-31(30)35-18-19-36-31/h6-11,23-24,26-28,33H,5,12-20H2,1-4H3/b9-6+/t23-,24-,26?,27?,28+,29-,30-/m0/s1. The monoisotopic (exact) mass is 512 g/mol. The number of aliphatic hydroxyl groups is 1. The molecular formula is C31H44O6. The molecule has 1 heterocycles. The second-order valence-corrected chi connectivity index (χ2v) is 12.1. The first kappa shape index (κ1) is 26.7. The fourth-order valence-electron chi connectivity index (χ4n) is 8.20. The van der Waals surface area contributed by atoms with Gasteiger partial charge >= 0.3 is 5.97 Å². The maximum atomic E-state index is 12.4. The number of hydrogen-bond acceptors (Lipinski definition) is 6. The summed E-state index contributed by atoms with van der Waals surface area (Å²) in [6.07, 6.45) is 10.2. The molecule has 1 spiro atoms. The van der Waals surface area contributed by atoms with E-state index in [0.29, 0.717) is 19.8 Å². The van der Waals surface area contributed by atoms with Gasteiger partial charge in [0.15, 0.2) is 5.79 Å². The number of allylic oxidation sites excluding steroid dienone is 1. The molecule has 1 aromatic carbocycles. The SMILES string of the molecule is CCOc1ccc(/C=C/[C@H]2C[C@@H](O)CC[C@]2(C)C2CC[C@@]3(C)C(CCC34OCCO4)[C@@H]2OC(C)=O)cc1. The Morgan fingerprint density at radius 1 is 1.05 bits per heavy atom. The van der Waals surface area contributed by atoms with Crippen LogP contribution < -0.4 is 4.74 Å². The molecule has 7 atom stereocenters. The first-order chi connectivity index (χ1) is 17.7. The van der Waals surface area contributed by atoms with Gasteiger partial charge in [-0.05, 0) is 74.5 Å². The Morgan fingerprint density at radius 2 is 1.76 bits per heavy atom. The summed E-state index contributed by atoms with van der Waals surface area (Å²) in [6, 6.07) is 8.15. The van der Waals surface area contributed by atoms with Crippen molar-refractivity contribution in [3.63, 3.8) is 0 Å². The summed E-state index contributed by atoms with van der Waals surface area (Å²) in [7, 11) is 0. The molecule has 0 radical (unpaired) electrons. The lowest BCUT2D eigenvalue weighted by molar-refractivity contribution is -0.252. The second kappa shape index (κ2) is 10.3. The highest BCUT2D eigenvalue weighted by Gasteiger charge is 2.67. The van der Waals surface area contributed by atoms with Crippen LogP contribution in [0.4, 0.5) is 0 Å². The molecule has 4 aliphatic rings. The van der Waals surface area contributed by atoms with Gasteiger partial charge in [0.1, 0.15) is 11.9 Å². The average molecular weight is 513 g/mol. The van der Waals surface area contributed by atoms with E-state index in [-0.39, 0.29) is 46.8 Å².